The van der Waals surface area contributed by atoms with E-state index < -0.39 is 54.0 Å². The van der Waals surface area contributed by atoms with E-state index in [9.17, 15) is 35.9 Å². The lowest BCUT2D eigenvalue weighted by molar-refractivity contribution is -0.143. The summed E-state index contributed by atoms with van der Waals surface area (Å²) in [6, 6.07) is 3.60. The van der Waals surface area contributed by atoms with Crippen molar-refractivity contribution < 1.29 is 50.1 Å². The summed E-state index contributed by atoms with van der Waals surface area (Å²) in [5.41, 5.74) is -2.67. The lowest BCUT2D eigenvalue weighted by Crippen LogP contribution is -2.46. The quantitative estimate of drug-likeness (QED) is 0.456. The zero-order valence-electron chi connectivity index (χ0n) is 20.9. The molecule has 2 amide bonds. The van der Waals surface area contributed by atoms with Gasteiger partial charge in [-0.05, 0) is 55.7 Å². The van der Waals surface area contributed by atoms with Crippen LogP contribution in [0.25, 0.3) is 0 Å². The van der Waals surface area contributed by atoms with Gasteiger partial charge in [-0.3, -0.25) is 9.69 Å². The van der Waals surface area contributed by atoms with Crippen molar-refractivity contribution in [3.63, 3.8) is 0 Å². The molecule has 0 saturated carbocycles. The molecule has 0 aliphatic carbocycles. The average molecular weight is 548 g/mol. The first kappa shape index (κ1) is 28.9. The SMILES string of the molecule is CCOC(=O)N1c2cc(OC)c(OC)cc2[C@@H](C(=O)NCc2cc(C(F)(F)F)cc(C(F)(F)F)c2)C[C@@H]1C. The van der Waals surface area contributed by atoms with Crippen molar-refractivity contribution in [2.24, 2.45) is 0 Å². The fourth-order valence-corrected chi connectivity index (χ4v) is 4.34. The predicted molar refractivity (Wildman–Crippen MR) is 124 cm³/mol. The van der Waals surface area contributed by atoms with Gasteiger partial charge in [0.2, 0.25) is 5.91 Å². The number of rotatable bonds is 6. The summed E-state index contributed by atoms with van der Waals surface area (Å²) in [6.07, 6.45) is -10.6. The summed E-state index contributed by atoms with van der Waals surface area (Å²) in [5.74, 6) is -1.02. The lowest BCUT2D eigenvalue weighted by Gasteiger charge is -2.38. The Labute approximate surface area is 214 Å². The van der Waals surface area contributed by atoms with Crippen molar-refractivity contribution in [3.8, 4) is 11.5 Å². The molecule has 2 aromatic carbocycles. The van der Waals surface area contributed by atoms with E-state index in [1.54, 1.807) is 13.8 Å². The smallest absolute Gasteiger partial charge is 0.416 e. The number of methoxy groups -OCH3 is 2. The minimum atomic E-state index is -5.01. The van der Waals surface area contributed by atoms with Crippen LogP contribution < -0.4 is 19.7 Å². The second kappa shape index (κ2) is 11.0. The van der Waals surface area contributed by atoms with Gasteiger partial charge in [-0.25, -0.2) is 4.79 Å². The van der Waals surface area contributed by atoms with Crippen LogP contribution in [0.4, 0.5) is 36.8 Å². The van der Waals surface area contributed by atoms with E-state index in [0.717, 1.165) is 0 Å². The van der Waals surface area contributed by atoms with Gasteiger partial charge in [0.05, 0.1) is 43.6 Å². The Morgan fingerprint density at radius 2 is 1.50 bits per heavy atom. The molecule has 0 fully saturated rings. The number of alkyl halides is 6. The molecule has 2 atom stereocenters. The van der Waals surface area contributed by atoms with Gasteiger partial charge >= 0.3 is 18.4 Å². The third kappa shape index (κ3) is 6.08. The molecule has 0 unspecified atom stereocenters. The van der Waals surface area contributed by atoms with Gasteiger partial charge in [0, 0.05) is 18.7 Å². The topological polar surface area (TPSA) is 77.1 Å². The third-order valence-electron chi connectivity index (χ3n) is 6.08. The number of hydrogen-bond acceptors (Lipinski definition) is 5. The molecule has 0 aromatic heterocycles. The maximum absolute atomic E-state index is 13.2. The van der Waals surface area contributed by atoms with Crippen LogP contribution in [0.3, 0.4) is 0 Å². The highest BCUT2D eigenvalue weighted by Gasteiger charge is 2.40. The Hall–Kier alpha value is -3.64. The number of amides is 2. The minimum absolute atomic E-state index is 0.0218. The van der Waals surface area contributed by atoms with Gasteiger partial charge in [0.15, 0.2) is 11.5 Å². The van der Waals surface area contributed by atoms with E-state index in [1.165, 1.54) is 31.3 Å². The number of fused-ring (bicyclic) bond motifs is 1. The van der Waals surface area contributed by atoms with Crippen LogP contribution in [0.15, 0.2) is 30.3 Å². The number of anilines is 1. The molecule has 0 saturated heterocycles. The summed E-state index contributed by atoms with van der Waals surface area (Å²) < 4.78 is 95.0. The number of nitrogens with zero attached hydrogens (tertiary/aromatic N) is 1. The molecular formula is C25H26F6N2O5. The minimum Gasteiger partial charge on any atom is -0.493 e. The first-order valence-corrected chi connectivity index (χ1v) is 11.5. The molecule has 7 nitrogen and oxygen atoms in total. The van der Waals surface area contributed by atoms with Crippen LogP contribution in [0, 0.1) is 0 Å². The average Bonchev–Trinajstić information content (AvgIpc) is 2.84. The normalized spacial score (nSPS) is 17.5. The molecule has 208 valence electrons. The van der Waals surface area contributed by atoms with Gasteiger partial charge in [0.25, 0.3) is 0 Å². The summed E-state index contributed by atoms with van der Waals surface area (Å²) in [7, 11) is 2.76. The van der Waals surface area contributed by atoms with Gasteiger partial charge in [-0.1, -0.05) is 0 Å². The van der Waals surface area contributed by atoms with E-state index in [2.05, 4.69) is 5.32 Å². The molecule has 0 bridgehead atoms. The first-order chi connectivity index (χ1) is 17.7. The van der Waals surface area contributed by atoms with Crippen LogP contribution in [0.1, 0.15) is 48.4 Å². The predicted octanol–water partition coefficient (Wildman–Crippen LogP) is 5.90. The highest BCUT2D eigenvalue weighted by Crippen LogP contribution is 2.45. The summed E-state index contributed by atoms with van der Waals surface area (Å²) in [6.45, 7) is 2.84. The number of benzene rings is 2. The van der Waals surface area contributed by atoms with Crippen LogP contribution in [0.5, 0.6) is 11.5 Å². The van der Waals surface area contributed by atoms with Crippen molar-refractivity contribution in [2.75, 3.05) is 25.7 Å². The Kier molecular flexibility index (Phi) is 8.37. The highest BCUT2D eigenvalue weighted by molar-refractivity contribution is 5.95. The van der Waals surface area contributed by atoms with E-state index in [-0.39, 0.29) is 36.2 Å². The van der Waals surface area contributed by atoms with E-state index >= 15 is 0 Å². The summed E-state index contributed by atoms with van der Waals surface area (Å²) >= 11 is 0. The molecule has 3 rings (SSSR count). The maximum atomic E-state index is 13.2. The number of carbonyl (C=O) groups excluding carboxylic acids is 2. The fraction of sp³-hybridized carbons (Fsp3) is 0.440. The monoisotopic (exact) mass is 548 g/mol. The van der Waals surface area contributed by atoms with Crippen LogP contribution >= 0.6 is 0 Å². The molecule has 38 heavy (non-hydrogen) atoms. The van der Waals surface area contributed by atoms with Crippen molar-refractivity contribution >= 4 is 17.7 Å². The summed E-state index contributed by atoms with van der Waals surface area (Å²) in [4.78, 5) is 27.3. The second-order valence-electron chi connectivity index (χ2n) is 8.60. The Balaban J connectivity index is 1.97. The molecule has 1 heterocycles. The molecule has 0 spiro atoms. The van der Waals surface area contributed by atoms with Crippen LogP contribution in [0.2, 0.25) is 0 Å². The summed E-state index contributed by atoms with van der Waals surface area (Å²) in [5, 5.41) is 2.44. The highest BCUT2D eigenvalue weighted by atomic mass is 19.4. The van der Waals surface area contributed by atoms with Gasteiger partial charge in [0.1, 0.15) is 0 Å². The van der Waals surface area contributed by atoms with Gasteiger partial charge in [-0.2, -0.15) is 26.3 Å². The van der Waals surface area contributed by atoms with Gasteiger partial charge in [-0.15, -0.1) is 0 Å². The van der Waals surface area contributed by atoms with Crippen molar-refractivity contribution in [2.45, 2.75) is 51.1 Å². The largest absolute Gasteiger partial charge is 0.493 e. The Bertz CT molecular complexity index is 1170. The van der Waals surface area contributed by atoms with Crippen LogP contribution in [-0.2, 0) is 28.4 Å². The lowest BCUT2D eigenvalue weighted by atomic mass is 9.85. The van der Waals surface area contributed by atoms with Crippen molar-refractivity contribution in [1.29, 1.82) is 0 Å². The molecular weight excluding hydrogens is 522 g/mol. The second-order valence-corrected chi connectivity index (χ2v) is 8.60. The van der Waals surface area contributed by atoms with E-state index in [4.69, 9.17) is 14.2 Å². The molecule has 1 N–H and O–H groups in total. The Morgan fingerprint density at radius 1 is 0.947 bits per heavy atom. The zero-order chi connectivity index (χ0) is 28.4. The zero-order valence-corrected chi connectivity index (χ0v) is 20.9. The van der Waals surface area contributed by atoms with E-state index in [0.29, 0.717) is 23.4 Å². The van der Waals surface area contributed by atoms with Gasteiger partial charge < -0.3 is 19.5 Å². The number of carbonyl (C=O) groups is 2. The maximum Gasteiger partial charge on any atom is 0.416 e. The molecule has 13 heteroatoms. The fourth-order valence-electron chi connectivity index (χ4n) is 4.34. The molecule has 0 radical (unpaired) electrons. The van der Waals surface area contributed by atoms with Crippen LogP contribution in [-0.4, -0.2) is 38.9 Å². The number of halogens is 6. The van der Waals surface area contributed by atoms with Crippen molar-refractivity contribution in [1.82, 2.24) is 5.32 Å². The number of nitrogens with one attached hydrogen (secondary N) is 1. The molecule has 1 aliphatic rings. The standard InChI is InChI=1S/C25H26F6N2O5/c1-5-38-23(35)33-13(2)6-18(17-10-20(36-3)21(37-4)11-19(17)33)22(34)32-12-14-7-15(24(26,27)28)9-16(8-14)25(29,30)31/h7-11,13,18H,5-6,12H2,1-4H3,(H,32,34)/t13-,18-/m0/s1. The first-order valence-electron chi connectivity index (χ1n) is 11.5. The third-order valence-corrected chi connectivity index (χ3v) is 6.08. The Morgan fingerprint density at radius 3 is 2.00 bits per heavy atom. The number of hydrogen-bond donors (Lipinski definition) is 1. The van der Waals surface area contributed by atoms with E-state index in [1.807, 2.05) is 0 Å². The molecule has 1 aliphatic heterocycles. The molecule has 2 aromatic rings. The number of ether oxygens (including phenoxy) is 3. The van der Waals surface area contributed by atoms with Crippen molar-refractivity contribution in [3.05, 3.63) is 52.6 Å².